The lowest BCUT2D eigenvalue weighted by atomic mass is 10.1. The zero-order chi connectivity index (χ0) is 22.5. The van der Waals surface area contributed by atoms with Crippen LogP contribution in [0.5, 0.6) is 0 Å². The number of hydrogen-bond acceptors (Lipinski definition) is 3. The van der Waals surface area contributed by atoms with Gasteiger partial charge in [-0.05, 0) is 61.6 Å². The van der Waals surface area contributed by atoms with Gasteiger partial charge < -0.3 is 5.32 Å². The molecule has 0 fully saturated rings. The molecular formula is C26H28N4O2. The minimum absolute atomic E-state index is 0.0149. The third-order valence-electron chi connectivity index (χ3n) is 5.67. The molecule has 4 rings (SSSR count). The van der Waals surface area contributed by atoms with Crippen LogP contribution in [-0.2, 0) is 24.2 Å². The number of carbonyl (C=O) groups excluding carboxylic acids is 1. The van der Waals surface area contributed by atoms with Crippen molar-refractivity contribution in [3.63, 3.8) is 0 Å². The molecular weight excluding hydrogens is 400 g/mol. The van der Waals surface area contributed by atoms with Crippen molar-refractivity contribution in [3.8, 4) is 5.69 Å². The number of nitrogens with one attached hydrogen (secondary N) is 1. The fourth-order valence-corrected chi connectivity index (χ4v) is 3.95. The maximum absolute atomic E-state index is 13.2. The minimum atomic E-state index is -0.175. The zero-order valence-corrected chi connectivity index (χ0v) is 18.5. The molecule has 1 atom stereocenters. The number of hydrogen-bond donors (Lipinski definition) is 1. The van der Waals surface area contributed by atoms with Gasteiger partial charge in [0, 0.05) is 12.2 Å². The highest BCUT2D eigenvalue weighted by Gasteiger charge is 2.18. The lowest BCUT2D eigenvalue weighted by molar-refractivity contribution is -0.122. The average molecular weight is 429 g/mol. The van der Waals surface area contributed by atoms with E-state index in [0.29, 0.717) is 11.0 Å². The Kier molecular flexibility index (Phi) is 6.50. The van der Waals surface area contributed by atoms with E-state index in [2.05, 4.69) is 29.4 Å². The van der Waals surface area contributed by atoms with Crippen LogP contribution < -0.4 is 10.9 Å². The molecule has 2 aromatic carbocycles. The predicted octanol–water partition coefficient (Wildman–Crippen LogP) is 3.89. The Morgan fingerprint density at radius 1 is 1.03 bits per heavy atom. The molecule has 2 aromatic heterocycles. The summed E-state index contributed by atoms with van der Waals surface area (Å²) < 4.78 is 3.23. The highest BCUT2D eigenvalue weighted by atomic mass is 16.2. The molecule has 0 saturated carbocycles. The second-order valence-electron chi connectivity index (χ2n) is 8.07. The maximum atomic E-state index is 13.2. The summed E-state index contributed by atoms with van der Waals surface area (Å²) >= 11 is 0. The first kappa shape index (κ1) is 21.6. The quantitative estimate of drug-likeness (QED) is 0.463. The molecule has 6 nitrogen and oxygen atoms in total. The first-order chi connectivity index (χ1) is 15.6. The Labute approximate surface area is 187 Å². The molecule has 0 bridgehead atoms. The Hall–Kier alpha value is -3.67. The average Bonchev–Trinajstić information content (AvgIpc) is 3.10. The lowest BCUT2D eigenvalue weighted by Gasteiger charge is -2.16. The zero-order valence-electron chi connectivity index (χ0n) is 18.5. The standard InChI is InChI=1S/C26H28N4O2/c1-3-20-11-7-12-22(17-20)30-26(32)23-13-8-16-27-25(23)29(30)18-24(31)28-19(2)14-15-21-9-5-4-6-10-21/h4-13,16-17,19H,3,14-15,18H2,1-2H3,(H,28,31). The van der Waals surface area contributed by atoms with Crippen LogP contribution in [0.15, 0.2) is 77.7 Å². The largest absolute Gasteiger partial charge is 0.352 e. The van der Waals surface area contributed by atoms with Gasteiger partial charge in [0.25, 0.3) is 5.56 Å². The van der Waals surface area contributed by atoms with E-state index in [4.69, 9.17) is 0 Å². The molecule has 0 spiro atoms. The third kappa shape index (κ3) is 4.64. The molecule has 0 aliphatic heterocycles. The van der Waals surface area contributed by atoms with E-state index in [1.54, 1.807) is 27.7 Å². The second kappa shape index (κ2) is 9.64. The van der Waals surface area contributed by atoms with E-state index >= 15 is 0 Å². The van der Waals surface area contributed by atoms with Crippen molar-refractivity contribution >= 4 is 16.9 Å². The molecule has 1 N–H and O–H groups in total. The molecule has 0 saturated heterocycles. The molecule has 0 aliphatic rings. The molecule has 1 unspecified atom stereocenters. The van der Waals surface area contributed by atoms with E-state index in [0.717, 1.165) is 30.5 Å². The fraction of sp³-hybridized carbons (Fsp3) is 0.269. The summed E-state index contributed by atoms with van der Waals surface area (Å²) in [6.45, 7) is 4.09. The van der Waals surface area contributed by atoms with E-state index in [1.807, 2.05) is 49.4 Å². The molecule has 32 heavy (non-hydrogen) atoms. The van der Waals surface area contributed by atoms with Crippen LogP contribution in [0, 0.1) is 0 Å². The van der Waals surface area contributed by atoms with Crippen LogP contribution in [0.4, 0.5) is 0 Å². The third-order valence-corrected chi connectivity index (χ3v) is 5.67. The molecule has 0 radical (unpaired) electrons. The number of benzene rings is 2. The minimum Gasteiger partial charge on any atom is -0.352 e. The summed E-state index contributed by atoms with van der Waals surface area (Å²) in [7, 11) is 0. The Balaban J connectivity index is 1.58. The van der Waals surface area contributed by atoms with Gasteiger partial charge in [-0.3, -0.25) is 14.3 Å². The van der Waals surface area contributed by atoms with Crippen LogP contribution in [-0.4, -0.2) is 26.3 Å². The van der Waals surface area contributed by atoms with Crippen molar-refractivity contribution in [3.05, 3.63) is 94.4 Å². The van der Waals surface area contributed by atoms with Crippen LogP contribution in [0.25, 0.3) is 16.7 Å². The van der Waals surface area contributed by atoms with Crippen molar-refractivity contribution < 1.29 is 4.79 Å². The highest BCUT2D eigenvalue weighted by Crippen LogP contribution is 2.15. The van der Waals surface area contributed by atoms with Gasteiger partial charge in [-0.1, -0.05) is 49.4 Å². The van der Waals surface area contributed by atoms with Crippen molar-refractivity contribution in [1.82, 2.24) is 19.7 Å². The number of pyridine rings is 1. The summed E-state index contributed by atoms with van der Waals surface area (Å²) in [5.41, 5.74) is 3.44. The summed E-state index contributed by atoms with van der Waals surface area (Å²) in [6, 6.07) is 21.6. The van der Waals surface area contributed by atoms with Crippen molar-refractivity contribution in [2.45, 2.75) is 45.7 Å². The second-order valence-corrected chi connectivity index (χ2v) is 8.07. The predicted molar refractivity (Wildman–Crippen MR) is 127 cm³/mol. The fourth-order valence-electron chi connectivity index (χ4n) is 3.95. The monoisotopic (exact) mass is 428 g/mol. The van der Waals surface area contributed by atoms with Gasteiger partial charge in [0.2, 0.25) is 5.91 Å². The van der Waals surface area contributed by atoms with Crippen LogP contribution in [0.1, 0.15) is 31.4 Å². The van der Waals surface area contributed by atoms with Crippen molar-refractivity contribution in [2.24, 2.45) is 0 Å². The number of amides is 1. The van der Waals surface area contributed by atoms with Crippen LogP contribution in [0.3, 0.4) is 0 Å². The van der Waals surface area contributed by atoms with E-state index in [9.17, 15) is 9.59 Å². The normalized spacial score (nSPS) is 12.1. The number of fused-ring (bicyclic) bond motifs is 1. The summed E-state index contributed by atoms with van der Waals surface area (Å²) in [5.74, 6) is -0.145. The summed E-state index contributed by atoms with van der Waals surface area (Å²) in [4.78, 5) is 30.5. The van der Waals surface area contributed by atoms with Gasteiger partial charge in [0.05, 0.1) is 11.1 Å². The van der Waals surface area contributed by atoms with E-state index < -0.39 is 0 Å². The van der Waals surface area contributed by atoms with Gasteiger partial charge in [0.1, 0.15) is 6.54 Å². The van der Waals surface area contributed by atoms with Gasteiger partial charge in [-0.2, -0.15) is 0 Å². The van der Waals surface area contributed by atoms with Crippen molar-refractivity contribution in [1.29, 1.82) is 0 Å². The highest BCUT2D eigenvalue weighted by molar-refractivity contribution is 5.80. The molecule has 164 valence electrons. The van der Waals surface area contributed by atoms with Gasteiger partial charge in [-0.25, -0.2) is 9.67 Å². The van der Waals surface area contributed by atoms with Gasteiger partial charge >= 0.3 is 0 Å². The van der Waals surface area contributed by atoms with Gasteiger partial charge in [-0.15, -0.1) is 0 Å². The van der Waals surface area contributed by atoms with E-state index in [-0.39, 0.29) is 24.1 Å². The number of rotatable bonds is 8. The maximum Gasteiger partial charge on any atom is 0.280 e. The first-order valence-corrected chi connectivity index (χ1v) is 11.1. The smallest absolute Gasteiger partial charge is 0.280 e. The SMILES string of the molecule is CCc1cccc(-n2c(=O)c3cccnc3n2CC(=O)NC(C)CCc2ccccc2)c1. The van der Waals surface area contributed by atoms with Gasteiger partial charge in [0.15, 0.2) is 5.65 Å². The number of carbonyl (C=O) groups is 1. The summed E-state index contributed by atoms with van der Waals surface area (Å²) in [5, 5.41) is 3.57. The number of nitrogens with zero attached hydrogens (tertiary/aromatic N) is 3. The Morgan fingerprint density at radius 2 is 1.81 bits per heavy atom. The molecule has 1 amide bonds. The molecule has 0 aliphatic carbocycles. The molecule has 6 heteroatoms. The number of aryl methyl sites for hydroxylation is 2. The Morgan fingerprint density at radius 3 is 2.59 bits per heavy atom. The van der Waals surface area contributed by atoms with Crippen LogP contribution >= 0.6 is 0 Å². The number of aromatic nitrogens is 3. The van der Waals surface area contributed by atoms with Crippen LogP contribution in [0.2, 0.25) is 0 Å². The van der Waals surface area contributed by atoms with E-state index in [1.165, 1.54) is 5.56 Å². The van der Waals surface area contributed by atoms with Crippen molar-refractivity contribution in [2.75, 3.05) is 0 Å². The summed E-state index contributed by atoms with van der Waals surface area (Å²) in [6.07, 6.45) is 4.24. The topological polar surface area (TPSA) is 68.9 Å². The lowest BCUT2D eigenvalue weighted by Crippen LogP contribution is -2.37. The molecule has 4 aromatic rings. The first-order valence-electron chi connectivity index (χ1n) is 11.1. The Bertz CT molecular complexity index is 1270. The molecule has 2 heterocycles.